The van der Waals surface area contributed by atoms with E-state index in [0.29, 0.717) is 34.1 Å². The van der Waals surface area contributed by atoms with Gasteiger partial charge in [-0.25, -0.2) is 0 Å². The molecule has 0 bridgehead atoms. The van der Waals surface area contributed by atoms with E-state index in [9.17, 15) is 14.4 Å². The van der Waals surface area contributed by atoms with Gasteiger partial charge in [-0.3, -0.25) is 14.4 Å². The summed E-state index contributed by atoms with van der Waals surface area (Å²) in [6.45, 7) is 2.45. The molecule has 0 spiro atoms. The summed E-state index contributed by atoms with van der Waals surface area (Å²) in [7, 11) is 3.33. The minimum Gasteiger partial charge on any atom is -0.375 e. The lowest BCUT2D eigenvalue weighted by Gasteiger charge is -2.14. The largest absolute Gasteiger partial charge is 0.375 e. The monoisotopic (exact) mass is 416 g/mol. The molecule has 8 heteroatoms. The molecule has 3 amide bonds. The molecule has 7 nitrogen and oxygen atoms in total. The predicted molar refractivity (Wildman–Crippen MR) is 116 cm³/mol. The summed E-state index contributed by atoms with van der Waals surface area (Å²) in [6.07, 6.45) is 0.819. The second-order valence-electron chi connectivity index (χ2n) is 6.63. The second-order valence-corrected chi connectivity index (χ2v) is 7.06. The number of benzene rings is 2. The highest BCUT2D eigenvalue weighted by atomic mass is 35.5. The number of carbonyl (C=O) groups is 3. The van der Waals surface area contributed by atoms with Gasteiger partial charge in [-0.05, 0) is 42.8 Å². The molecule has 0 saturated carbocycles. The van der Waals surface area contributed by atoms with E-state index in [-0.39, 0.29) is 24.3 Å². The average Bonchev–Trinajstić information content (AvgIpc) is 2.70. The van der Waals surface area contributed by atoms with Crippen molar-refractivity contribution in [1.29, 1.82) is 0 Å². The number of carbonyl (C=O) groups excluding carboxylic acids is 3. The molecule has 0 atom stereocenters. The maximum Gasteiger partial charge on any atom is 0.253 e. The molecule has 0 aliphatic rings. The van der Waals surface area contributed by atoms with Gasteiger partial charge in [0.2, 0.25) is 5.91 Å². The second kappa shape index (κ2) is 10.5. The first-order valence-corrected chi connectivity index (χ1v) is 9.62. The molecular formula is C21H25ClN4O3. The lowest BCUT2D eigenvalue weighted by Crippen LogP contribution is -2.27. The van der Waals surface area contributed by atoms with Crippen LogP contribution in [0.4, 0.5) is 11.4 Å². The van der Waals surface area contributed by atoms with Crippen molar-refractivity contribution in [2.45, 2.75) is 13.3 Å². The molecule has 0 radical (unpaired) electrons. The highest BCUT2D eigenvalue weighted by molar-refractivity contribution is 6.31. The first-order valence-electron chi connectivity index (χ1n) is 9.25. The van der Waals surface area contributed by atoms with E-state index in [1.165, 1.54) is 4.90 Å². The fourth-order valence-electron chi connectivity index (χ4n) is 2.56. The van der Waals surface area contributed by atoms with Crippen molar-refractivity contribution >= 4 is 40.7 Å². The van der Waals surface area contributed by atoms with Gasteiger partial charge in [0.25, 0.3) is 11.8 Å². The fourth-order valence-corrected chi connectivity index (χ4v) is 2.74. The Morgan fingerprint density at radius 2 is 1.83 bits per heavy atom. The number of hydrogen-bond acceptors (Lipinski definition) is 4. The highest BCUT2D eigenvalue weighted by Gasteiger charge is 2.13. The normalized spacial score (nSPS) is 10.2. The van der Waals surface area contributed by atoms with Gasteiger partial charge >= 0.3 is 0 Å². The molecule has 0 aromatic heterocycles. The fraction of sp³-hybridized carbons (Fsp3) is 0.286. The Hall–Kier alpha value is -3.06. The van der Waals surface area contributed by atoms with Crippen LogP contribution in [0.1, 0.15) is 34.1 Å². The maximum atomic E-state index is 12.3. The zero-order valence-corrected chi connectivity index (χ0v) is 17.5. The zero-order valence-electron chi connectivity index (χ0n) is 16.7. The summed E-state index contributed by atoms with van der Waals surface area (Å²) in [5.41, 5.74) is 1.87. The summed E-state index contributed by atoms with van der Waals surface area (Å²) in [6, 6.07) is 11.5. The first-order chi connectivity index (χ1) is 13.8. The van der Waals surface area contributed by atoms with Gasteiger partial charge in [-0.2, -0.15) is 0 Å². The van der Waals surface area contributed by atoms with E-state index < -0.39 is 0 Å². The van der Waals surface area contributed by atoms with E-state index in [1.54, 1.807) is 56.6 Å². The summed E-state index contributed by atoms with van der Waals surface area (Å²) >= 11 is 6.04. The molecule has 0 unspecified atom stereocenters. The number of nitrogens with zero attached hydrogens (tertiary/aromatic N) is 1. The van der Waals surface area contributed by atoms with Gasteiger partial charge in [-0.15, -0.1) is 0 Å². The Morgan fingerprint density at radius 1 is 1.07 bits per heavy atom. The van der Waals surface area contributed by atoms with Gasteiger partial charge < -0.3 is 20.9 Å². The quantitative estimate of drug-likeness (QED) is 0.616. The minimum atomic E-state index is -0.320. The molecule has 3 N–H and O–H groups in total. The Labute approximate surface area is 175 Å². The van der Waals surface area contributed by atoms with Crippen molar-refractivity contribution in [2.24, 2.45) is 0 Å². The standard InChI is InChI=1S/C21H25ClN4O3/c1-4-10-23-20(28)17-9-8-15(22)12-18(17)24-13-19(27)25-16-7-5-6-14(11-16)21(29)26(2)3/h5-9,11-12,24H,4,10,13H2,1-3H3,(H,23,28)(H,25,27). The van der Waals surface area contributed by atoms with Crippen LogP contribution < -0.4 is 16.0 Å². The zero-order chi connectivity index (χ0) is 21.4. The van der Waals surface area contributed by atoms with Gasteiger partial charge in [-0.1, -0.05) is 24.6 Å². The molecule has 29 heavy (non-hydrogen) atoms. The smallest absolute Gasteiger partial charge is 0.253 e. The molecule has 2 rings (SSSR count). The Balaban J connectivity index is 2.04. The van der Waals surface area contributed by atoms with Gasteiger partial charge in [0.1, 0.15) is 0 Å². The average molecular weight is 417 g/mol. The van der Waals surface area contributed by atoms with Crippen molar-refractivity contribution in [3.8, 4) is 0 Å². The third-order valence-corrected chi connectivity index (χ3v) is 4.24. The number of amides is 3. The number of halogens is 1. The molecular weight excluding hydrogens is 392 g/mol. The number of hydrogen-bond donors (Lipinski definition) is 3. The SMILES string of the molecule is CCCNC(=O)c1ccc(Cl)cc1NCC(=O)Nc1cccc(C(=O)N(C)C)c1. The van der Waals surface area contributed by atoms with Crippen LogP contribution in [0.5, 0.6) is 0 Å². The predicted octanol–water partition coefficient (Wildman–Crippen LogP) is 3.23. The summed E-state index contributed by atoms with van der Waals surface area (Å²) < 4.78 is 0. The number of rotatable bonds is 8. The van der Waals surface area contributed by atoms with E-state index in [1.807, 2.05) is 6.92 Å². The van der Waals surface area contributed by atoms with Gasteiger partial charge in [0.05, 0.1) is 12.1 Å². The van der Waals surface area contributed by atoms with Crippen molar-refractivity contribution < 1.29 is 14.4 Å². The van der Waals surface area contributed by atoms with Crippen LogP contribution >= 0.6 is 11.6 Å². The van der Waals surface area contributed by atoms with E-state index >= 15 is 0 Å². The third kappa shape index (κ3) is 6.50. The summed E-state index contributed by atoms with van der Waals surface area (Å²) in [5.74, 6) is -0.707. The highest BCUT2D eigenvalue weighted by Crippen LogP contribution is 2.21. The van der Waals surface area contributed by atoms with Gasteiger partial charge in [0, 0.05) is 42.6 Å². The van der Waals surface area contributed by atoms with Gasteiger partial charge in [0.15, 0.2) is 0 Å². The van der Waals surface area contributed by atoms with Crippen LogP contribution in [0, 0.1) is 0 Å². The molecule has 0 saturated heterocycles. The molecule has 0 aliphatic heterocycles. The molecule has 2 aromatic carbocycles. The minimum absolute atomic E-state index is 0.0692. The Bertz CT molecular complexity index is 899. The van der Waals surface area contributed by atoms with Crippen LogP contribution in [-0.4, -0.2) is 49.8 Å². The van der Waals surface area contributed by atoms with E-state index in [2.05, 4.69) is 16.0 Å². The van der Waals surface area contributed by atoms with Crippen molar-refractivity contribution in [2.75, 3.05) is 37.8 Å². The molecule has 154 valence electrons. The molecule has 0 aliphatic carbocycles. The lowest BCUT2D eigenvalue weighted by atomic mass is 10.1. The van der Waals surface area contributed by atoms with Crippen LogP contribution in [0.3, 0.4) is 0 Å². The van der Waals surface area contributed by atoms with Crippen LogP contribution in [-0.2, 0) is 4.79 Å². The third-order valence-electron chi connectivity index (χ3n) is 4.00. The van der Waals surface area contributed by atoms with Crippen LogP contribution in [0.25, 0.3) is 0 Å². The van der Waals surface area contributed by atoms with E-state index in [4.69, 9.17) is 11.6 Å². The summed E-state index contributed by atoms with van der Waals surface area (Å²) in [4.78, 5) is 38.2. The van der Waals surface area contributed by atoms with E-state index in [0.717, 1.165) is 6.42 Å². The van der Waals surface area contributed by atoms with Crippen LogP contribution in [0.2, 0.25) is 5.02 Å². The molecule has 0 heterocycles. The first kappa shape index (κ1) is 22.2. The number of nitrogens with one attached hydrogen (secondary N) is 3. The van der Waals surface area contributed by atoms with Crippen molar-refractivity contribution in [3.63, 3.8) is 0 Å². The Morgan fingerprint density at radius 3 is 2.52 bits per heavy atom. The van der Waals surface area contributed by atoms with Crippen molar-refractivity contribution in [1.82, 2.24) is 10.2 Å². The maximum absolute atomic E-state index is 12.3. The lowest BCUT2D eigenvalue weighted by molar-refractivity contribution is -0.114. The topological polar surface area (TPSA) is 90.5 Å². The Kier molecular flexibility index (Phi) is 8.03. The number of anilines is 2. The molecule has 0 fully saturated rings. The molecule has 2 aromatic rings. The van der Waals surface area contributed by atoms with Crippen molar-refractivity contribution in [3.05, 3.63) is 58.6 Å². The van der Waals surface area contributed by atoms with Crippen LogP contribution in [0.15, 0.2) is 42.5 Å². The summed E-state index contributed by atoms with van der Waals surface area (Å²) in [5, 5.41) is 8.95.